The smallest absolute Gasteiger partial charge is 0.325 e. The highest BCUT2D eigenvalue weighted by Gasteiger charge is 2.20. The minimum Gasteiger partial charge on any atom is -0.497 e. The number of ether oxygens (including phenoxy) is 1. The van der Waals surface area contributed by atoms with Crippen LogP contribution >= 0.6 is 0 Å². The molecule has 0 saturated heterocycles. The molecule has 1 heterocycles. The predicted molar refractivity (Wildman–Crippen MR) is 88.5 cm³/mol. The molecule has 0 amide bonds. The van der Waals surface area contributed by atoms with Crippen LogP contribution < -0.4 is 4.74 Å². The maximum Gasteiger partial charge on any atom is 0.325 e. The number of carbonyl (C=O) groups excluding carboxylic acids is 1. The standard InChI is InChI=1S/C18H16N2O4/c1-11-3-5-12(6-4-11)18(23)17-14-9-13(24-2)7-8-15(14)20(19-17)10-16(21)22/h3-9H,10H2,1-2H3,(H,21,22). The van der Waals surface area contributed by atoms with E-state index in [-0.39, 0.29) is 18.0 Å². The Balaban J connectivity index is 2.16. The van der Waals surface area contributed by atoms with E-state index in [4.69, 9.17) is 9.84 Å². The molecule has 24 heavy (non-hydrogen) atoms. The van der Waals surface area contributed by atoms with Crippen LogP contribution in [0, 0.1) is 6.92 Å². The summed E-state index contributed by atoms with van der Waals surface area (Å²) in [5.41, 5.74) is 2.35. The summed E-state index contributed by atoms with van der Waals surface area (Å²) < 4.78 is 6.52. The number of hydrogen-bond donors (Lipinski definition) is 1. The van der Waals surface area contributed by atoms with Gasteiger partial charge in [-0.2, -0.15) is 5.10 Å². The molecule has 122 valence electrons. The molecule has 0 fully saturated rings. The fourth-order valence-corrected chi connectivity index (χ4v) is 2.54. The maximum absolute atomic E-state index is 12.8. The first kappa shape index (κ1) is 15.7. The number of aromatic nitrogens is 2. The fourth-order valence-electron chi connectivity index (χ4n) is 2.54. The number of ketones is 1. The minimum atomic E-state index is -1.02. The predicted octanol–water partition coefficient (Wildman–Crippen LogP) is 2.67. The van der Waals surface area contributed by atoms with Crippen LogP contribution in [0.2, 0.25) is 0 Å². The van der Waals surface area contributed by atoms with E-state index in [1.165, 1.54) is 11.8 Å². The molecule has 3 rings (SSSR count). The molecule has 1 N–H and O–H groups in total. The Kier molecular flexibility index (Phi) is 4.04. The van der Waals surface area contributed by atoms with Crippen LogP contribution in [-0.4, -0.2) is 33.7 Å². The number of benzene rings is 2. The molecule has 0 atom stereocenters. The van der Waals surface area contributed by atoms with E-state index in [9.17, 15) is 9.59 Å². The van der Waals surface area contributed by atoms with Gasteiger partial charge in [0.05, 0.1) is 12.6 Å². The first-order chi connectivity index (χ1) is 11.5. The van der Waals surface area contributed by atoms with Crippen molar-refractivity contribution in [2.45, 2.75) is 13.5 Å². The van der Waals surface area contributed by atoms with Crippen molar-refractivity contribution in [3.63, 3.8) is 0 Å². The van der Waals surface area contributed by atoms with Crippen molar-refractivity contribution in [1.29, 1.82) is 0 Å². The highest BCUT2D eigenvalue weighted by atomic mass is 16.5. The van der Waals surface area contributed by atoms with E-state index >= 15 is 0 Å². The summed E-state index contributed by atoms with van der Waals surface area (Å²) in [5.74, 6) is -0.697. The molecule has 0 saturated carbocycles. The minimum absolute atomic E-state index is 0.217. The van der Waals surface area contributed by atoms with E-state index < -0.39 is 5.97 Å². The molecule has 6 nitrogen and oxygen atoms in total. The number of carbonyl (C=O) groups is 2. The largest absolute Gasteiger partial charge is 0.497 e. The summed E-state index contributed by atoms with van der Waals surface area (Å²) in [6.07, 6.45) is 0. The van der Waals surface area contributed by atoms with Crippen LogP contribution in [0.4, 0.5) is 0 Å². The van der Waals surface area contributed by atoms with Crippen LogP contribution in [0.3, 0.4) is 0 Å². The molecule has 0 aliphatic carbocycles. The first-order valence-corrected chi connectivity index (χ1v) is 7.37. The van der Waals surface area contributed by atoms with Crippen molar-refractivity contribution in [3.8, 4) is 5.75 Å². The number of nitrogens with zero attached hydrogens (tertiary/aromatic N) is 2. The van der Waals surface area contributed by atoms with E-state index in [1.807, 2.05) is 19.1 Å². The second-order valence-corrected chi connectivity index (χ2v) is 5.48. The van der Waals surface area contributed by atoms with Crippen molar-refractivity contribution in [2.75, 3.05) is 7.11 Å². The Bertz CT molecular complexity index is 926. The van der Waals surface area contributed by atoms with Gasteiger partial charge in [-0.05, 0) is 25.1 Å². The molecule has 3 aromatic rings. The Morgan fingerprint density at radius 3 is 2.50 bits per heavy atom. The van der Waals surface area contributed by atoms with Gasteiger partial charge in [0.2, 0.25) is 5.78 Å². The van der Waals surface area contributed by atoms with Crippen LogP contribution in [0.1, 0.15) is 21.6 Å². The zero-order chi connectivity index (χ0) is 17.3. The number of carboxylic acids is 1. The van der Waals surface area contributed by atoms with Crippen molar-refractivity contribution in [1.82, 2.24) is 9.78 Å². The van der Waals surface area contributed by atoms with E-state index in [0.29, 0.717) is 22.2 Å². The number of hydrogen-bond acceptors (Lipinski definition) is 4. The first-order valence-electron chi connectivity index (χ1n) is 7.37. The van der Waals surface area contributed by atoms with Gasteiger partial charge < -0.3 is 9.84 Å². The van der Waals surface area contributed by atoms with E-state index in [0.717, 1.165) is 5.56 Å². The van der Waals surface area contributed by atoms with Crippen molar-refractivity contribution in [3.05, 3.63) is 59.3 Å². The second-order valence-electron chi connectivity index (χ2n) is 5.48. The van der Waals surface area contributed by atoms with Crippen LogP contribution in [0.15, 0.2) is 42.5 Å². The van der Waals surface area contributed by atoms with Crippen molar-refractivity contribution in [2.24, 2.45) is 0 Å². The Morgan fingerprint density at radius 2 is 1.88 bits per heavy atom. The van der Waals surface area contributed by atoms with Gasteiger partial charge in [-0.15, -0.1) is 0 Å². The molecule has 0 radical (unpaired) electrons. The lowest BCUT2D eigenvalue weighted by Gasteiger charge is -2.02. The summed E-state index contributed by atoms with van der Waals surface area (Å²) >= 11 is 0. The third-order valence-electron chi connectivity index (χ3n) is 3.77. The van der Waals surface area contributed by atoms with Gasteiger partial charge in [-0.3, -0.25) is 14.3 Å². The SMILES string of the molecule is COc1ccc2c(c1)c(C(=O)c1ccc(C)cc1)nn2CC(=O)O. The van der Waals surface area contributed by atoms with Gasteiger partial charge in [-0.1, -0.05) is 29.8 Å². The summed E-state index contributed by atoms with van der Waals surface area (Å²) in [5, 5.41) is 13.9. The molecular weight excluding hydrogens is 308 g/mol. The molecule has 0 bridgehead atoms. The lowest BCUT2D eigenvalue weighted by atomic mass is 10.0. The third-order valence-corrected chi connectivity index (χ3v) is 3.77. The molecule has 0 aliphatic rings. The topological polar surface area (TPSA) is 81.4 Å². The molecule has 0 spiro atoms. The lowest BCUT2D eigenvalue weighted by Crippen LogP contribution is -2.11. The zero-order valence-electron chi connectivity index (χ0n) is 13.3. The maximum atomic E-state index is 12.8. The van der Waals surface area contributed by atoms with Crippen molar-refractivity contribution < 1.29 is 19.4 Å². The highest BCUT2D eigenvalue weighted by Crippen LogP contribution is 2.26. The van der Waals surface area contributed by atoms with Crippen LogP contribution in [0.5, 0.6) is 5.75 Å². The molecule has 0 aliphatic heterocycles. The number of methoxy groups -OCH3 is 1. The summed E-state index contributed by atoms with van der Waals surface area (Å²) in [6, 6.07) is 12.3. The quantitative estimate of drug-likeness (QED) is 0.730. The number of rotatable bonds is 5. The monoisotopic (exact) mass is 324 g/mol. The van der Waals surface area contributed by atoms with Gasteiger partial charge >= 0.3 is 5.97 Å². The van der Waals surface area contributed by atoms with Crippen LogP contribution in [-0.2, 0) is 11.3 Å². The molecule has 6 heteroatoms. The van der Waals surface area contributed by atoms with Gasteiger partial charge in [0.15, 0.2) is 0 Å². The van der Waals surface area contributed by atoms with E-state index in [2.05, 4.69) is 5.10 Å². The average molecular weight is 324 g/mol. The molecular formula is C18H16N2O4. The second kappa shape index (κ2) is 6.16. The van der Waals surface area contributed by atoms with Gasteiger partial charge in [0.1, 0.15) is 18.0 Å². The Hall–Kier alpha value is -3.15. The average Bonchev–Trinajstić information content (AvgIpc) is 2.92. The summed E-state index contributed by atoms with van der Waals surface area (Å²) in [4.78, 5) is 23.9. The summed E-state index contributed by atoms with van der Waals surface area (Å²) in [6.45, 7) is 1.63. The third kappa shape index (κ3) is 2.86. The van der Waals surface area contributed by atoms with Crippen molar-refractivity contribution >= 4 is 22.7 Å². The molecule has 2 aromatic carbocycles. The summed E-state index contributed by atoms with van der Waals surface area (Å²) in [7, 11) is 1.53. The Labute approximate surface area is 138 Å². The number of aliphatic carboxylic acids is 1. The van der Waals surface area contributed by atoms with Gasteiger partial charge in [-0.25, -0.2) is 0 Å². The zero-order valence-corrected chi connectivity index (χ0v) is 13.3. The number of fused-ring (bicyclic) bond motifs is 1. The highest BCUT2D eigenvalue weighted by molar-refractivity contribution is 6.15. The number of aryl methyl sites for hydroxylation is 1. The van der Waals surface area contributed by atoms with Gasteiger partial charge in [0.25, 0.3) is 0 Å². The molecule has 1 aromatic heterocycles. The van der Waals surface area contributed by atoms with E-state index in [1.54, 1.807) is 30.3 Å². The lowest BCUT2D eigenvalue weighted by molar-refractivity contribution is -0.137. The van der Waals surface area contributed by atoms with Crippen LogP contribution in [0.25, 0.3) is 10.9 Å². The normalized spacial score (nSPS) is 10.8. The fraction of sp³-hybridized carbons (Fsp3) is 0.167. The molecule has 0 unspecified atom stereocenters. The van der Waals surface area contributed by atoms with Gasteiger partial charge in [0, 0.05) is 10.9 Å². The Morgan fingerprint density at radius 1 is 1.17 bits per heavy atom. The number of carboxylic acid groups (broad SMARTS) is 1.